The fourth-order valence-electron chi connectivity index (χ4n) is 4.48. The first-order valence-electron chi connectivity index (χ1n) is 10.3. The number of likely N-dealkylation sites (tertiary alicyclic amines) is 1. The first-order chi connectivity index (χ1) is 14.4. The maximum Gasteiger partial charge on any atom is 0.289 e. The summed E-state index contributed by atoms with van der Waals surface area (Å²) in [4.78, 5) is 29.6. The highest BCUT2D eigenvalue weighted by Crippen LogP contribution is 2.36. The van der Waals surface area contributed by atoms with Gasteiger partial charge in [-0.15, -0.1) is 0 Å². The van der Waals surface area contributed by atoms with Gasteiger partial charge in [-0.3, -0.25) is 14.9 Å². The molecule has 7 heteroatoms. The van der Waals surface area contributed by atoms with E-state index in [1.165, 1.54) is 6.26 Å². The zero-order valence-corrected chi connectivity index (χ0v) is 17.3. The van der Waals surface area contributed by atoms with Crippen molar-refractivity contribution in [2.24, 2.45) is 5.92 Å². The van der Waals surface area contributed by atoms with Crippen molar-refractivity contribution in [2.45, 2.75) is 44.9 Å². The zero-order valence-electron chi connectivity index (χ0n) is 17.3. The minimum atomic E-state index is -0.519. The van der Waals surface area contributed by atoms with Crippen LogP contribution in [0, 0.1) is 17.2 Å². The smallest absolute Gasteiger partial charge is 0.289 e. The normalized spacial score (nSPS) is 20.7. The summed E-state index contributed by atoms with van der Waals surface area (Å²) in [6.07, 6.45) is 2.75. The minimum absolute atomic E-state index is 0.0588. The van der Waals surface area contributed by atoms with Gasteiger partial charge >= 0.3 is 0 Å². The van der Waals surface area contributed by atoms with Crippen molar-refractivity contribution in [1.82, 2.24) is 15.1 Å². The molecule has 1 spiro atoms. The molecular formula is C23H26N4O3. The molecule has 2 aliphatic rings. The van der Waals surface area contributed by atoms with Crippen LogP contribution < -0.4 is 5.32 Å². The third kappa shape index (κ3) is 3.48. The van der Waals surface area contributed by atoms with Crippen LogP contribution in [0.2, 0.25) is 0 Å². The number of hydrogen-bond donors (Lipinski definition) is 1. The molecule has 4 rings (SSSR count). The van der Waals surface area contributed by atoms with Crippen LogP contribution in [0.1, 0.15) is 48.4 Å². The first kappa shape index (κ1) is 20.2. The van der Waals surface area contributed by atoms with Gasteiger partial charge in [-0.25, -0.2) is 0 Å². The van der Waals surface area contributed by atoms with Gasteiger partial charge in [0.1, 0.15) is 0 Å². The lowest BCUT2D eigenvalue weighted by Crippen LogP contribution is -2.59. The average Bonchev–Trinajstić information content (AvgIpc) is 3.38. The largest absolute Gasteiger partial charge is 0.459 e. The fourth-order valence-corrected chi connectivity index (χ4v) is 4.48. The Hall–Kier alpha value is -3.11. The van der Waals surface area contributed by atoms with Crippen molar-refractivity contribution in [3.8, 4) is 6.07 Å². The number of rotatable bonds is 4. The van der Waals surface area contributed by atoms with E-state index in [0.717, 1.165) is 5.56 Å². The maximum atomic E-state index is 13.3. The molecule has 2 aromatic rings. The summed E-state index contributed by atoms with van der Waals surface area (Å²) >= 11 is 0. The third-order valence-electron chi connectivity index (χ3n) is 6.22. The maximum absolute atomic E-state index is 13.3. The second-order valence-corrected chi connectivity index (χ2v) is 8.36. The molecule has 1 N–H and O–H groups in total. The first-order valence-corrected chi connectivity index (χ1v) is 10.3. The SMILES string of the molecule is CC(C)C1NC2(CCN(C(=O)c3ccco3)CC2)N(Cc2ccccc2C#N)C1=O. The highest BCUT2D eigenvalue weighted by atomic mass is 16.3. The lowest BCUT2D eigenvalue weighted by atomic mass is 9.94. The molecule has 2 saturated heterocycles. The quantitative estimate of drug-likeness (QED) is 0.843. The van der Waals surface area contributed by atoms with Crippen molar-refractivity contribution in [1.29, 1.82) is 5.26 Å². The molecule has 1 atom stereocenters. The summed E-state index contributed by atoms with van der Waals surface area (Å²) in [5.41, 5.74) is 0.904. The predicted octanol–water partition coefficient (Wildman–Crippen LogP) is 2.74. The molecule has 7 nitrogen and oxygen atoms in total. The van der Waals surface area contributed by atoms with E-state index in [4.69, 9.17) is 4.42 Å². The van der Waals surface area contributed by atoms with Crippen LogP contribution in [0.3, 0.4) is 0 Å². The van der Waals surface area contributed by atoms with E-state index in [-0.39, 0.29) is 23.8 Å². The lowest BCUT2D eigenvalue weighted by Gasteiger charge is -2.44. The molecule has 2 fully saturated rings. The van der Waals surface area contributed by atoms with Crippen LogP contribution in [0.15, 0.2) is 47.1 Å². The average molecular weight is 406 g/mol. The lowest BCUT2D eigenvalue weighted by molar-refractivity contribution is -0.134. The summed E-state index contributed by atoms with van der Waals surface area (Å²) in [6.45, 7) is 5.50. The summed E-state index contributed by atoms with van der Waals surface area (Å²) in [6, 6.07) is 12.7. The molecular weight excluding hydrogens is 380 g/mol. The molecule has 30 heavy (non-hydrogen) atoms. The second-order valence-electron chi connectivity index (χ2n) is 8.36. The van der Waals surface area contributed by atoms with Gasteiger partial charge in [0.25, 0.3) is 5.91 Å². The Morgan fingerprint density at radius 3 is 2.63 bits per heavy atom. The number of hydrogen-bond acceptors (Lipinski definition) is 5. The minimum Gasteiger partial charge on any atom is -0.459 e. The number of benzene rings is 1. The van der Waals surface area contributed by atoms with Gasteiger partial charge in [0.05, 0.1) is 29.6 Å². The fraction of sp³-hybridized carbons (Fsp3) is 0.435. The standard InChI is InChI=1S/C23H26N4O3/c1-16(2)20-22(29)27(15-18-7-4-3-6-17(18)14-24)23(25-20)9-11-26(12-10-23)21(28)19-8-5-13-30-19/h3-8,13,16,20,25H,9-12,15H2,1-2H3. The van der Waals surface area contributed by atoms with E-state index < -0.39 is 5.66 Å². The van der Waals surface area contributed by atoms with E-state index >= 15 is 0 Å². The predicted molar refractivity (Wildman–Crippen MR) is 110 cm³/mol. The second kappa shape index (κ2) is 7.96. The van der Waals surface area contributed by atoms with Gasteiger partial charge in [0.15, 0.2) is 5.76 Å². The highest BCUT2D eigenvalue weighted by molar-refractivity contribution is 5.91. The summed E-state index contributed by atoms with van der Waals surface area (Å²) in [5.74, 6) is 0.416. The number of carbonyl (C=O) groups is 2. The molecule has 1 aromatic carbocycles. The molecule has 0 bridgehead atoms. The third-order valence-corrected chi connectivity index (χ3v) is 6.22. The number of carbonyl (C=O) groups excluding carboxylic acids is 2. The Morgan fingerprint density at radius 1 is 1.27 bits per heavy atom. The van der Waals surface area contributed by atoms with Gasteiger partial charge in [-0.05, 0) is 29.7 Å². The van der Waals surface area contributed by atoms with Gasteiger partial charge in [0.2, 0.25) is 5.91 Å². The van der Waals surface area contributed by atoms with E-state index in [9.17, 15) is 14.9 Å². The Bertz CT molecular complexity index is 969. The summed E-state index contributed by atoms with van der Waals surface area (Å²) < 4.78 is 5.25. The highest BCUT2D eigenvalue weighted by Gasteiger charge is 2.52. The molecule has 0 saturated carbocycles. The van der Waals surface area contributed by atoms with Crippen molar-refractivity contribution >= 4 is 11.8 Å². The number of piperidine rings is 1. The van der Waals surface area contributed by atoms with Crippen LogP contribution in [-0.2, 0) is 11.3 Å². The van der Waals surface area contributed by atoms with E-state index in [1.807, 2.05) is 36.9 Å². The Kier molecular flexibility index (Phi) is 5.35. The van der Waals surface area contributed by atoms with E-state index in [1.54, 1.807) is 23.1 Å². The van der Waals surface area contributed by atoms with Crippen molar-refractivity contribution in [2.75, 3.05) is 13.1 Å². The Morgan fingerprint density at radius 2 is 2.00 bits per heavy atom. The molecule has 3 heterocycles. The molecule has 0 radical (unpaired) electrons. The van der Waals surface area contributed by atoms with Gasteiger partial charge in [-0.2, -0.15) is 5.26 Å². The van der Waals surface area contributed by atoms with Gasteiger partial charge in [0, 0.05) is 32.5 Å². The van der Waals surface area contributed by atoms with Crippen molar-refractivity contribution in [3.63, 3.8) is 0 Å². The van der Waals surface area contributed by atoms with Crippen LogP contribution in [0.5, 0.6) is 0 Å². The molecule has 2 aliphatic heterocycles. The number of nitriles is 1. The number of nitrogens with one attached hydrogen (secondary N) is 1. The van der Waals surface area contributed by atoms with Crippen molar-refractivity contribution in [3.05, 3.63) is 59.5 Å². The number of amides is 2. The van der Waals surface area contributed by atoms with Crippen molar-refractivity contribution < 1.29 is 14.0 Å². The molecule has 1 unspecified atom stereocenters. The van der Waals surface area contributed by atoms with Gasteiger partial charge < -0.3 is 14.2 Å². The van der Waals surface area contributed by atoms with E-state index in [0.29, 0.717) is 43.8 Å². The van der Waals surface area contributed by atoms with Crippen LogP contribution in [-0.4, -0.2) is 46.4 Å². The number of nitrogens with zero attached hydrogens (tertiary/aromatic N) is 3. The van der Waals surface area contributed by atoms with Crippen LogP contribution in [0.4, 0.5) is 0 Å². The molecule has 0 aliphatic carbocycles. The Labute approximate surface area is 176 Å². The Balaban J connectivity index is 1.58. The monoisotopic (exact) mass is 406 g/mol. The molecule has 1 aromatic heterocycles. The van der Waals surface area contributed by atoms with Crippen LogP contribution in [0.25, 0.3) is 0 Å². The summed E-state index contributed by atoms with van der Waals surface area (Å²) in [5, 5.41) is 13.1. The topological polar surface area (TPSA) is 89.6 Å². The van der Waals surface area contributed by atoms with Crippen LogP contribution >= 0.6 is 0 Å². The number of furan rings is 1. The zero-order chi connectivity index (χ0) is 21.3. The van der Waals surface area contributed by atoms with Gasteiger partial charge in [-0.1, -0.05) is 32.0 Å². The molecule has 2 amide bonds. The summed E-state index contributed by atoms with van der Waals surface area (Å²) in [7, 11) is 0. The van der Waals surface area contributed by atoms with E-state index in [2.05, 4.69) is 11.4 Å². The molecule has 156 valence electrons.